The van der Waals surface area contributed by atoms with E-state index < -0.39 is 39.0 Å². The third-order valence-corrected chi connectivity index (χ3v) is 3.59. The second-order valence-corrected chi connectivity index (χ2v) is 5.48. The first-order valence-electron chi connectivity index (χ1n) is 5.58. The van der Waals surface area contributed by atoms with E-state index in [4.69, 9.17) is 0 Å². The number of sulfonamides is 1. The highest BCUT2D eigenvalue weighted by Crippen LogP contribution is 2.15. The maximum Gasteiger partial charge on any atom is 0.244 e. The molecule has 0 saturated heterocycles. The molecule has 0 aromatic heterocycles. The minimum atomic E-state index is -4.26. The van der Waals surface area contributed by atoms with Gasteiger partial charge in [0.1, 0.15) is 16.5 Å². The van der Waals surface area contributed by atoms with Gasteiger partial charge in [-0.15, -0.1) is 0 Å². The molecule has 0 aliphatic heterocycles. The number of carbonyl (C=O) groups excluding carboxylic acids is 1. The lowest BCUT2D eigenvalue weighted by Gasteiger charge is -2.08. The van der Waals surface area contributed by atoms with Crippen molar-refractivity contribution in [3.8, 4) is 0 Å². The predicted octanol–water partition coefficient (Wildman–Crippen LogP) is 0.769. The molecule has 8 heteroatoms. The molecule has 1 amide bonds. The van der Waals surface area contributed by atoms with Crippen LogP contribution in [0.4, 0.5) is 8.78 Å². The highest BCUT2D eigenvalue weighted by molar-refractivity contribution is 7.89. The van der Waals surface area contributed by atoms with Crippen LogP contribution in [-0.2, 0) is 14.8 Å². The first-order chi connectivity index (χ1) is 8.86. The van der Waals surface area contributed by atoms with Crippen molar-refractivity contribution in [1.29, 1.82) is 0 Å². The number of benzene rings is 1. The van der Waals surface area contributed by atoms with E-state index in [1.165, 1.54) is 0 Å². The van der Waals surface area contributed by atoms with Gasteiger partial charge in [0.25, 0.3) is 0 Å². The number of hydrogen-bond acceptors (Lipinski definition) is 3. The third-order valence-electron chi connectivity index (χ3n) is 2.18. The summed E-state index contributed by atoms with van der Waals surface area (Å²) in [6.45, 7) is 1.72. The SMILES string of the molecule is CCCNC(=O)CNS(=O)(=O)c1cc(F)ccc1F. The van der Waals surface area contributed by atoms with Crippen LogP contribution >= 0.6 is 0 Å². The number of carbonyl (C=O) groups is 1. The van der Waals surface area contributed by atoms with Crippen LogP contribution in [0.3, 0.4) is 0 Å². The van der Waals surface area contributed by atoms with Crippen molar-refractivity contribution < 1.29 is 22.0 Å². The van der Waals surface area contributed by atoms with Crippen LogP contribution < -0.4 is 10.0 Å². The summed E-state index contributed by atoms with van der Waals surface area (Å²) in [5, 5.41) is 2.45. The van der Waals surface area contributed by atoms with Gasteiger partial charge in [-0.2, -0.15) is 0 Å². The van der Waals surface area contributed by atoms with Gasteiger partial charge < -0.3 is 5.32 Å². The number of nitrogens with one attached hydrogen (secondary N) is 2. The number of rotatable bonds is 6. The molecular weight excluding hydrogens is 278 g/mol. The molecule has 2 N–H and O–H groups in total. The third kappa shape index (κ3) is 4.56. The molecule has 1 rings (SSSR count). The van der Waals surface area contributed by atoms with E-state index in [0.29, 0.717) is 25.1 Å². The molecular formula is C11H14F2N2O3S. The zero-order chi connectivity index (χ0) is 14.5. The second kappa shape index (κ2) is 6.58. The molecule has 19 heavy (non-hydrogen) atoms. The summed E-state index contributed by atoms with van der Waals surface area (Å²) < 4.78 is 51.5. The smallest absolute Gasteiger partial charge is 0.244 e. The minimum Gasteiger partial charge on any atom is -0.355 e. The Morgan fingerprint density at radius 3 is 2.63 bits per heavy atom. The van der Waals surface area contributed by atoms with Crippen molar-refractivity contribution in [2.75, 3.05) is 13.1 Å². The molecule has 0 spiro atoms. The fraction of sp³-hybridized carbons (Fsp3) is 0.364. The standard InChI is InChI=1S/C11H14F2N2O3S/c1-2-5-14-11(16)7-15-19(17,18)10-6-8(12)3-4-9(10)13/h3-4,6,15H,2,5,7H2,1H3,(H,14,16). The zero-order valence-electron chi connectivity index (χ0n) is 10.2. The van der Waals surface area contributed by atoms with Crippen molar-refractivity contribution in [3.63, 3.8) is 0 Å². The van der Waals surface area contributed by atoms with Crippen molar-refractivity contribution in [2.24, 2.45) is 0 Å². The lowest BCUT2D eigenvalue weighted by molar-refractivity contribution is -0.119. The summed E-state index contributed by atoms with van der Waals surface area (Å²) in [6, 6.07) is 2.07. The number of halogens is 2. The van der Waals surface area contributed by atoms with Crippen LogP contribution in [0, 0.1) is 11.6 Å². The first-order valence-corrected chi connectivity index (χ1v) is 7.06. The van der Waals surface area contributed by atoms with Crippen LogP contribution in [0.5, 0.6) is 0 Å². The van der Waals surface area contributed by atoms with E-state index in [1.54, 1.807) is 0 Å². The fourth-order valence-corrected chi connectivity index (χ4v) is 2.32. The van der Waals surface area contributed by atoms with Crippen LogP contribution in [-0.4, -0.2) is 27.4 Å². The quantitative estimate of drug-likeness (QED) is 0.813. The Morgan fingerprint density at radius 1 is 1.32 bits per heavy atom. The summed E-state index contributed by atoms with van der Waals surface area (Å²) in [4.78, 5) is 10.4. The van der Waals surface area contributed by atoms with Gasteiger partial charge in [-0.1, -0.05) is 6.92 Å². The number of hydrogen-bond donors (Lipinski definition) is 2. The molecule has 0 aliphatic rings. The number of amides is 1. The van der Waals surface area contributed by atoms with Gasteiger partial charge in [0.05, 0.1) is 6.54 Å². The topological polar surface area (TPSA) is 75.3 Å². The zero-order valence-corrected chi connectivity index (χ0v) is 11.1. The van der Waals surface area contributed by atoms with Crippen molar-refractivity contribution in [1.82, 2.24) is 10.0 Å². The van der Waals surface area contributed by atoms with Crippen molar-refractivity contribution in [3.05, 3.63) is 29.8 Å². The normalized spacial score (nSPS) is 11.3. The summed E-state index contributed by atoms with van der Waals surface area (Å²) in [7, 11) is -4.26. The molecule has 0 heterocycles. The Kier molecular flexibility index (Phi) is 5.37. The van der Waals surface area contributed by atoms with E-state index in [9.17, 15) is 22.0 Å². The van der Waals surface area contributed by atoms with E-state index in [2.05, 4.69) is 5.32 Å². The van der Waals surface area contributed by atoms with Gasteiger partial charge in [-0.3, -0.25) is 4.79 Å². The highest BCUT2D eigenvalue weighted by atomic mass is 32.2. The Labute approximate surface area is 110 Å². The molecule has 0 saturated carbocycles. The molecule has 1 aromatic rings. The van der Waals surface area contributed by atoms with Gasteiger partial charge >= 0.3 is 0 Å². The molecule has 0 radical (unpaired) electrons. The van der Waals surface area contributed by atoms with Crippen molar-refractivity contribution >= 4 is 15.9 Å². The summed E-state index contributed by atoms with van der Waals surface area (Å²) >= 11 is 0. The maximum atomic E-state index is 13.3. The average molecular weight is 292 g/mol. The van der Waals surface area contributed by atoms with E-state index in [-0.39, 0.29) is 0 Å². The fourth-order valence-electron chi connectivity index (χ4n) is 1.25. The van der Waals surface area contributed by atoms with Crippen LogP contribution in [0.25, 0.3) is 0 Å². The summed E-state index contributed by atoms with van der Waals surface area (Å²) in [5.74, 6) is -2.50. The van der Waals surface area contributed by atoms with Crippen molar-refractivity contribution in [2.45, 2.75) is 18.2 Å². The second-order valence-electron chi connectivity index (χ2n) is 3.75. The van der Waals surface area contributed by atoms with Gasteiger partial charge in [0.15, 0.2) is 0 Å². The maximum absolute atomic E-state index is 13.3. The minimum absolute atomic E-state index is 0.412. The molecule has 106 valence electrons. The Bertz CT molecular complexity index is 561. The Balaban J connectivity index is 2.76. The van der Waals surface area contributed by atoms with Gasteiger partial charge in [-0.05, 0) is 24.6 Å². The lowest BCUT2D eigenvalue weighted by atomic mass is 10.3. The largest absolute Gasteiger partial charge is 0.355 e. The summed E-state index contributed by atoms with van der Waals surface area (Å²) in [5.41, 5.74) is 0. The highest BCUT2D eigenvalue weighted by Gasteiger charge is 2.20. The average Bonchev–Trinajstić information content (AvgIpc) is 2.36. The molecule has 1 aromatic carbocycles. The molecule has 0 bridgehead atoms. The van der Waals surface area contributed by atoms with Gasteiger partial charge in [-0.25, -0.2) is 21.9 Å². The monoisotopic (exact) mass is 292 g/mol. The van der Waals surface area contributed by atoms with E-state index >= 15 is 0 Å². The molecule has 0 aliphatic carbocycles. The molecule has 0 fully saturated rings. The van der Waals surface area contributed by atoms with Crippen LogP contribution in [0.15, 0.2) is 23.1 Å². The van der Waals surface area contributed by atoms with Gasteiger partial charge in [0.2, 0.25) is 15.9 Å². The predicted molar refractivity (Wildman–Crippen MR) is 64.8 cm³/mol. The lowest BCUT2D eigenvalue weighted by Crippen LogP contribution is -2.37. The van der Waals surface area contributed by atoms with E-state index in [0.717, 1.165) is 6.07 Å². The van der Waals surface area contributed by atoms with Gasteiger partial charge in [0, 0.05) is 6.54 Å². The molecule has 0 atom stereocenters. The molecule has 0 unspecified atom stereocenters. The Hall–Kier alpha value is -1.54. The van der Waals surface area contributed by atoms with Crippen LogP contribution in [0.2, 0.25) is 0 Å². The first kappa shape index (κ1) is 15.5. The molecule has 5 nitrogen and oxygen atoms in total. The summed E-state index contributed by atoms with van der Waals surface area (Å²) in [6.07, 6.45) is 0.705. The van der Waals surface area contributed by atoms with E-state index in [1.807, 2.05) is 11.6 Å². The Morgan fingerprint density at radius 2 is 2.00 bits per heavy atom. The van der Waals surface area contributed by atoms with Crippen LogP contribution in [0.1, 0.15) is 13.3 Å².